The van der Waals surface area contributed by atoms with Gasteiger partial charge < -0.3 is 9.72 Å². The Kier molecular flexibility index (Phi) is 4.13. The Bertz CT molecular complexity index is 988. The van der Waals surface area contributed by atoms with Gasteiger partial charge in [0.15, 0.2) is 5.16 Å². The maximum Gasteiger partial charge on any atom is 0.166 e. The van der Waals surface area contributed by atoms with E-state index >= 15 is 0 Å². The van der Waals surface area contributed by atoms with Gasteiger partial charge in [0.05, 0.1) is 17.6 Å². The number of nitrogens with one attached hydrogen (secondary N) is 1. The van der Waals surface area contributed by atoms with Crippen LogP contribution < -0.4 is 4.74 Å². The van der Waals surface area contributed by atoms with Crippen molar-refractivity contribution in [1.82, 2.24) is 9.97 Å². The van der Waals surface area contributed by atoms with E-state index in [1.807, 2.05) is 25.1 Å². The molecule has 1 aromatic heterocycles. The van der Waals surface area contributed by atoms with Crippen LogP contribution in [0.1, 0.15) is 12.5 Å². The van der Waals surface area contributed by atoms with Crippen LogP contribution >= 0.6 is 11.8 Å². The van der Waals surface area contributed by atoms with Gasteiger partial charge in [-0.2, -0.15) is 0 Å². The molecule has 0 aliphatic heterocycles. The molecule has 4 heteroatoms. The number of aromatic amines is 1. The number of aromatic nitrogens is 2. The second-order valence-electron chi connectivity index (χ2n) is 5.58. The van der Waals surface area contributed by atoms with E-state index in [4.69, 9.17) is 4.74 Å². The van der Waals surface area contributed by atoms with Crippen molar-refractivity contribution in [3.05, 3.63) is 66.2 Å². The van der Waals surface area contributed by atoms with Gasteiger partial charge in [-0.3, -0.25) is 0 Å². The molecule has 0 saturated heterocycles. The lowest BCUT2D eigenvalue weighted by Crippen LogP contribution is -1.90. The predicted molar refractivity (Wildman–Crippen MR) is 101 cm³/mol. The number of fused-ring (bicyclic) bond motifs is 2. The first kappa shape index (κ1) is 15.1. The zero-order valence-corrected chi connectivity index (χ0v) is 14.3. The third-order valence-corrected chi connectivity index (χ3v) is 4.91. The van der Waals surface area contributed by atoms with Crippen LogP contribution in [0.25, 0.3) is 21.8 Å². The van der Waals surface area contributed by atoms with Gasteiger partial charge in [0.2, 0.25) is 0 Å². The summed E-state index contributed by atoms with van der Waals surface area (Å²) in [6.07, 6.45) is 0. The molecule has 0 atom stereocenters. The third-order valence-electron chi connectivity index (χ3n) is 3.99. The van der Waals surface area contributed by atoms with Crippen molar-refractivity contribution in [2.24, 2.45) is 0 Å². The fourth-order valence-corrected chi connectivity index (χ4v) is 3.74. The Hall–Kier alpha value is -2.46. The lowest BCUT2D eigenvalue weighted by atomic mass is 10.1. The maximum absolute atomic E-state index is 5.55. The highest BCUT2D eigenvalue weighted by atomic mass is 32.2. The van der Waals surface area contributed by atoms with E-state index in [1.54, 1.807) is 11.8 Å². The average Bonchev–Trinajstić information content (AvgIpc) is 3.02. The fourth-order valence-electron chi connectivity index (χ4n) is 2.85. The smallest absolute Gasteiger partial charge is 0.166 e. The molecule has 3 aromatic carbocycles. The highest BCUT2D eigenvalue weighted by molar-refractivity contribution is 7.98. The van der Waals surface area contributed by atoms with Gasteiger partial charge in [-0.15, -0.1) is 0 Å². The Morgan fingerprint density at radius 2 is 1.92 bits per heavy atom. The molecule has 0 aliphatic rings. The van der Waals surface area contributed by atoms with Gasteiger partial charge in [-0.05, 0) is 35.4 Å². The molecule has 0 spiro atoms. The third kappa shape index (κ3) is 2.97. The number of rotatable bonds is 5. The quantitative estimate of drug-likeness (QED) is 0.496. The van der Waals surface area contributed by atoms with Gasteiger partial charge in [0.25, 0.3) is 0 Å². The number of thioether (sulfide) groups is 1. The van der Waals surface area contributed by atoms with Crippen molar-refractivity contribution in [3.63, 3.8) is 0 Å². The predicted octanol–water partition coefficient (Wildman–Crippen LogP) is 5.41. The Labute approximate surface area is 145 Å². The van der Waals surface area contributed by atoms with E-state index in [1.165, 1.54) is 16.3 Å². The van der Waals surface area contributed by atoms with Crippen LogP contribution in [0.3, 0.4) is 0 Å². The highest BCUT2D eigenvalue weighted by Gasteiger charge is 2.07. The standard InChI is InChI=1S/C20H18N2OS/c1-2-23-16-10-11-18-19(12-16)22-20(21-18)24-13-15-8-5-7-14-6-3-4-9-17(14)15/h3-12H,2,13H2,1H3,(H,21,22). The van der Waals surface area contributed by atoms with Gasteiger partial charge in [0, 0.05) is 11.8 Å². The van der Waals surface area contributed by atoms with Gasteiger partial charge in [0.1, 0.15) is 5.75 Å². The van der Waals surface area contributed by atoms with Crippen molar-refractivity contribution in [2.75, 3.05) is 6.61 Å². The topological polar surface area (TPSA) is 37.9 Å². The first-order valence-electron chi connectivity index (χ1n) is 8.05. The summed E-state index contributed by atoms with van der Waals surface area (Å²) in [5.41, 5.74) is 3.31. The molecule has 4 aromatic rings. The van der Waals surface area contributed by atoms with E-state index in [0.717, 1.165) is 27.7 Å². The van der Waals surface area contributed by atoms with Crippen LogP contribution in [0.4, 0.5) is 0 Å². The van der Waals surface area contributed by atoms with Crippen LogP contribution in [-0.4, -0.2) is 16.6 Å². The number of H-pyrrole nitrogens is 1. The normalized spacial score (nSPS) is 11.2. The molecule has 0 fully saturated rings. The van der Waals surface area contributed by atoms with Crippen molar-refractivity contribution >= 4 is 33.6 Å². The Balaban J connectivity index is 1.58. The molecule has 0 bridgehead atoms. The fraction of sp³-hybridized carbons (Fsp3) is 0.150. The lowest BCUT2D eigenvalue weighted by Gasteiger charge is -2.05. The molecular weight excluding hydrogens is 316 g/mol. The number of hydrogen-bond acceptors (Lipinski definition) is 3. The van der Waals surface area contributed by atoms with Crippen LogP contribution in [0, 0.1) is 0 Å². The minimum absolute atomic E-state index is 0.669. The monoisotopic (exact) mass is 334 g/mol. The molecule has 3 nitrogen and oxygen atoms in total. The Morgan fingerprint density at radius 1 is 1.04 bits per heavy atom. The van der Waals surface area contributed by atoms with Crippen molar-refractivity contribution in [3.8, 4) is 5.75 Å². The molecule has 0 amide bonds. The summed E-state index contributed by atoms with van der Waals surface area (Å²) in [6.45, 7) is 2.66. The van der Waals surface area contributed by atoms with Crippen LogP contribution in [0.15, 0.2) is 65.8 Å². The number of hydrogen-bond donors (Lipinski definition) is 1. The first-order chi connectivity index (χ1) is 11.8. The van der Waals surface area contributed by atoms with E-state index in [-0.39, 0.29) is 0 Å². The van der Waals surface area contributed by atoms with Crippen molar-refractivity contribution in [2.45, 2.75) is 17.8 Å². The van der Waals surface area contributed by atoms with Crippen LogP contribution in [0.2, 0.25) is 0 Å². The van der Waals surface area contributed by atoms with E-state index in [0.29, 0.717) is 6.61 Å². The highest BCUT2D eigenvalue weighted by Crippen LogP contribution is 2.28. The number of ether oxygens (including phenoxy) is 1. The van der Waals surface area contributed by atoms with Crippen LogP contribution in [-0.2, 0) is 5.75 Å². The molecule has 120 valence electrons. The summed E-state index contributed by atoms with van der Waals surface area (Å²) >= 11 is 1.73. The molecule has 0 radical (unpaired) electrons. The number of benzene rings is 3. The van der Waals surface area contributed by atoms with Crippen LogP contribution in [0.5, 0.6) is 5.75 Å². The van der Waals surface area contributed by atoms with Crippen molar-refractivity contribution < 1.29 is 4.74 Å². The molecule has 0 unspecified atom stereocenters. The average molecular weight is 334 g/mol. The SMILES string of the molecule is CCOc1ccc2nc(SCc3cccc4ccccc34)[nH]c2c1. The summed E-state index contributed by atoms with van der Waals surface area (Å²) in [6, 6.07) is 20.9. The number of imidazole rings is 1. The van der Waals surface area contributed by atoms with Gasteiger partial charge in [-0.25, -0.2) is 4.98 Å². The Morgan fingerprint density at radius 3 is 2.83 bits per heavy atom. The number of nitrogens with zero attached hydrogens (tertiary/aromatic N) is 1. The molecule has 1 N–H and O–H groups in total. The van der Waals surface area contributed by atoms with E-state index < -0.39 is 0 Å². The summed E-state index contributed by atoms with van der Waals surface area (Å²) in [5.74, 6) is 1.76. The molecule has 0 saturated carbocycles. The van der Waals surface area contributed by atoms with Crippen molar-refractivity contribution in [1.29, 1.82) is 0 Å². The summed E-state index contributed by atoms with van der Waals surface area (Å²) in [4.78, 5) is 8.05. The molecule has 4 rings (SSSR count). The van der Waals surface area contributed by atoms with Gasteiger partial charge in [-0.1, -0.05) is 54.2 Å². The zero-order valence-electron chi connectivity index (χ0n) is 13.5. The van der Waals surface area contributed by atoms with E-state index in [9.17, 15) is 0 Å². The molecular formula is C20H18N2OS. The summed E-state index contributed by atoms with van der Waals surface area (Å²) < 4.78 is 5.55. The minimum atomic E-state index is 0.669. The zero-order chi connectivity index (χ0) is 16.4. The van der Waals surface area contributed by atoms with Gasteiger partial charge >= 0.3 is 0 Å². The molecule has 1 heterocycles. The lowest BCUT2D eigenvalue weighted by molar-refractivity contribution is 0.340. The first-order valence-corrected chi connectivity index (χ1v) is 9.04. The second kappa shape index (κ2) is 6.57. The molecule has 0 aliphatic carbocycles. The minimum Gasteiger partial charge on any atom is -0.494 e. The summed E-state index contributed by atoms with van der Waals surface area (Å²) in [5, 5.41) is 3.52. The van der Waals surface area contributed by atoms with E-state index in [2.05, 4.69) is 52.4 Å². The summed E-state index contributed by atoms with van der Waals surface area (Å²) in [7, 11) is 0. The second-order valence-corrected chi connectivity index (χ2v) is 6.54. The molecule has 24 heavy (non-hydrogen) atoms. The largest absolute Gasteiger partial charge is 0.494 e. The maximum atomic E-state index is 5.55.